The summed E-state index contributed by atoms with van der Waals surface area (Å²) in [7, 11) is 0. The second-order valence-electron chi connectivity index (χ2n) is 7.30. The first-order valence-electron chi connectivity index (χ1n) is 7.20. The van der Waals surface area contributed by atoms with Crippen LogP contribution in [-0.2, 0) is 14.4 Å². The van der Waals surface area contributed by atoms with Crippen LogP contribution in [0.3, 0.4) is 0 Å². The monoisotopic (exact) mass is 280 g/mol. The fourth-order valence-corrected chi connectivity index (χ4v) is 3.08. The Kier molecular flexibility index (Phi) is 3.43. The maximum atomic E-state index is 12.6. The molecule has 2 aliphatic rings. The van der Waals surface area contributed by atoms with Gasteiger partial charge in [-0.15, -0.1) is 0 Å². The summed E-state index contributed by atoms with van der Waals surface area (Å²) in [5.74, 6) is -0.241. The van der Waals surface area contributed by atoms with Gasteiger partial charge in [0, 0.05) is 31.5 Å². The first-order valence-corrected chi connectivity index (χ1v) is 7.20. The Balaban J connectivity index is 2.13. The van der Waals surface area contributed by atoms with E-state index in [0.29, 0.717) is 19.5 Å². The van der Waals surface area contributed by atoms with Crippen molar-refractivity contribution in [1.82, 2.24) is 9.80 Å². The van der Waals surface area contributed by atoms with Crippen LogP contribution in [0.2, 0.25) is 0 Å². The topological polar surface area (TPSA) is 57.7 Å². The van der Waals surface area contributed by atoms with E-state index >= 15 is 0 Å². The van der Waals surface area contributed by atoms with Gasteiger partial charge in [0.25, 0.3) is 0 Å². The quantitative estimate of drug-likeness (QED) is 0.725. The van der Waals surface area contributed by atoms with E-state index in [2.05, 4.69) is 0 Å². The lowest BCUT2D eigenvalue weighted by Gasteiger charge is -2.34. The van der Waals surface area contributed by atoms with Crippen LogP contribution in [0.15, 0.2) is 0 Å². The van der Waals surface area contributed by atoms with Crippen LogP contribution in [0.4, 0.5) is 0 Å². The van der Waals surface area contributed by atoms with Crippen molar-refractivity contribution in [2.75, 3.05) is 13.1 Å². The molecule has 20 heavy (non-hydrogen) atoms. The summed E-state index contributed by atoms with van der Waals surface area (Å²) < 4.78 is 0. The molecule has 0 aromatic heterocycles. The van der Waals surface area contributed by atoms with Crippen molar-refractivity contribution in [2.45, 2.75) is 58.5 Å². The molecular formula is C15H24N2O3. The molecule has 0 spiro atoms. The Morgan fingerprint density at radius 2 is 1.85 bits per heavy atom. The number of amides is 2. The second kappa shape index (κ2) is 4.57. The largest absolute Gasteiger partial charge is 0.337 e. The SMILES string of the molecule is CC(C)(C)N1CC(C(=O)N2CCC(=O)C2(C)C)CC1=O. The van der Waals surface area contributed by atoms with Crippen LogP contribution in [0.5, 0.6) is 0 Å². The number of rotatable bonds is 1. The number of hydrogen-bond acceptors (Lipinski definition) is 3. The number of hydrogen-bond donors (Lipinski definition) is 0. The Morgan fingerprint density at radius 1 is 1.25 bits per heavy atom. The summed E-state index contributed by atoms with van der Waals surface area (Å²) >= 11 is 0. The van der Waals surface area contributed by atoms with Crippen molar-refractivity contribution in [3.63, 3.8) is 0 Å². The molecule has 0 N–H and O–H groups in total. The summed E-state index contributed by atoms with van der Waals surface area (Å²) in [5.41, 5.74) is -0.988. The summed E-state index contributed by atoms with van der Waals surface area (Å²) in [4.78, 5) is 39.9. The molecule has 5 heteroatoms. The molecule has 0 aromatic carbocycles. The predicted octanol–water partition coefficient (Wildman–Crippen LogP) is 1.21. The van der Waals surface area contributed by atoms with Gasteiger partial charge in [0.15, 0.2) is 5.78 Å². The molecule has 2 saturated heterocycles. The molecular weight excluding hydrogens is 256 g/mol. The number of carbonyl (C=O) groups excluding carboxylic acids is 3. The number of Topliss-reactive ketones (excluding diaryl/α,β-unsaturated/α-hetero) is 1. The molecule has 5 nitrogen and oxygen atoms in total. The summed E-state index contributed by atoms with van der Waals surface area (Å²) in [6, 6.07) is 0. The van der Waals surface area contributed by atoms with Crippen LogP contribution in [0, 0.1) is 5.92 Å². The first-order chi connectivity index (χ1) is 9.05. The lowest BCUT2D eigenvalue weighted by Crippen LogP contribution is -2.49. The highest BCUT2D eigenvalue weighted by Gasteiger charge is 2.47. The van der Waals surface area contributed by atoms with Crippen molar-refractivity contribution in [3.8, 4) is 0 Å². The third-order valence-corrected chi connectivity index (χ3v) is 4.47. The molecule has 0 aromatic rings. The molecule has 2 fully saturated rings. The van der Waals surface area contributed by atoms with Crippen molar-refractivity contribution < 1.29 is 14.4 Å². The zero-order valence-corrected chi connectivity index (χ0v) is 13.0. The van der Waals surface area contributed by atoms with Gasteiger partial charge in [0.1, 0.15) is 0 Å². The van der Waals surface area contributed by atoms with E-state index in [9.17, 15) is 14.4 Å². The molecule has 1 unspecified atom stereocenters. The average molecular weight is 280 g/mol. The Bertz CT molecular complexity index is 462. The van der Waals surface area contributed by atoms with Gasteiger partial charge >= 0.3 is 0 Å². The Morgan fingerprint density at radius 3 is 2.25 bits per heavy atom. The van der Waals surface area contributed by atoms with Gasteiger partial charge in [0.05, 0.1) is 11.5 Å². The van der Waals surface area contributed by atoms with Gasteiger partial charge in [-0.1, -0.05) is 0 Å². The van der Waals surface area contributed by atoms with Crippen LogP contribution in [-0.4, -0.2) is 51.6 Å². The van der Waals surface area contributed by atoms with Crippen LogP contribution < -0.4 is 0 Å². The molecule has 1 atom stereocenters. The van der Waals surface area contributed by atoms with Crippen LogP contribution in [0.1, 0.15) is 47.5 Å². The summed E-state index contributed by atoms with van der Waals surface area (Å²) in [5, 5.41) is 0. The van der Waals surface area contributed by atoms with Crippen molar-refractivity contribution >= 4 is 17.6 Å². The van der Waals surface area contributed by atoms with E-state index in [1.807, 2.05) is 20.8 Å². The summed E-state index contributed by atoms with van der Waals surface area (Å²) in [6.07, 6.45) is 0.680. The minimum atomic E-state index is -0.727. The zero-order valence-electron chi connectivity index (χ0n) is 13.0. The fraction of sp³-hybridized carbons (Fsp3) is 0.800. The smallest absolute Gasteiger partial charge is 0.228 e. The molecule has 0 aliphatic carbocycles. The van der Waals surface area contributed by atoms with Crippen molar-refractivity contribution in [3.05, 3.63) is 0 Å². The highest BCUT2D eigenvalue weighted by Crippen LogP contribution is 2.32. The number of ketones is 1. The standard InChI is InChI=1S/C15H24N2O3/c1-14(2,3)17-9-10(8-12(17)19)13(20)16-7-6-11(18)15(16,4)5/h10H,6-9H2,1-5H3. The zero-order chi connectivity index (χ0) is 15.3. The molecule has 112 valence electrons. The van der Waals surface area contributed by atoms with Gasteiger partial charge in [-0.3, -0.25) is 14.4 Å². The summed E-state index contributed by atoms with van der Waals surface area (Å²) in [6.45, 7) is 10.4. The van der Waals surface area contributed by atoms with Gasteiger partial charge in [-0.05, 0) is 34.6 Å². The average Bonchev–Trinajstić information content (AvgIpc) is 2.80. The first kappa shape index (κ1) is 15.0. The molecule has 2 rings (SSSR count). The van der Waals surface area contributed by atoms with E-state index in [-0.39, 0.29) is 35.5 Å². The third-order valence-electron chi connectivity index (χ3n) is 4.47. The molecule has 2 aliphatic heterocycles. The molecule has 2 amide bonds. The number of likely N-dealkylation sites (tertiary alicyclic amines) is 2. The molecule has 0 saturated carbocycles. The van der Waals surface area contributed by atoms with Gasteiger partial charge < -0.3 is 9.80 Å². The minimum absolute atomic E-state index is 0.0270. The number of nitrogens with zero attached hydrogens (tertiary/aromatic N) is 2. The maximum Gasteiger partial charge on any atom is 0.228 e. The third kappa shape index (κ3) is 2.34. The van der Waals surface area contributed by atoms with Gasteiger partial charge in [-0.2, -0.15) is 0 Å². The lowest BCUT2D eigenvalue weighted by molar-refractivity contribution is -0.142. The lowest BCUT2D eigenvalue weighted by atomic mass is 9.98. The Labute approximate surface area is 120 Å². The fourth-order valence-electron chi connectivity index (χ4n) is 3.08. The van der Waals surface area contributed by atoms with E-state index in [4.69, 9.17) is 0 Å². The second-order valence-corrected chi connectivity index (χ2v) is 7.30. The van der Waals surface area contributed by atoms with E-state index in [1.54, 1.807) is 23.6 Å². The van der Waals surface area contributed by atoms with Gasteiger partial charge in [0.2, 0.25) is 11.8 Å². The van der Waals surface area contributed by atoms with E-state index in [1.165, 1.54) is 0 Å². The van der Waals surface area contributed by atoms with E-state index < -0.39 is 5.54 Å². The van der Waals surface area contributed by atoms with Crippen molar-refractivity contribution in [1.29, 1.82) is 0 Å². The Hall–Kier alpha value is -1.39. The predicted molar refractivity (Wildman–Crippen MR) is 75.0 cm³/mol. The van der Waals surface area contributed by atoms with Crippen LogP contribution >= 0.6 is 0 Å². The van der Waals surface area contributed by atoms with Crippen LogP contribution in [0.25, 0.3) is 0 Å². The molecule has 0 bridgehead atoms. The number of carbonyl (C=O) groups is 3. The molecule has 0 radical (unpaired) electrons. The highest BCUT2D eigenvalue weighted by atomic mass is 16.2. The minimum Gasteiger partial charge on any atom is -0.337 e. The van der Waals surface area contributed by atoms with Crippen molar-refractivity contribution in [2.24, 2.45) is 5.92 Å². The molecule has 2 heterocycles. The highest BCUT2D eigenvalue weighted by molar-refractivity contribution is 5.97. The maximum absolute atomic E-state index is 12.6. The van der Waals surface area contributed by atoms with E-state index in [0.717, 1.165) is 0 Å². The van der Waals surface area contributed by atoms with Gasteiger partial charge in [-0.25, -0.2) is 0 Å². The normalized spacial score (nSPS) is 26.6.